The second-order valence-corrected chi connectivity index (χ2v) is 6.25. The fraction of sp³-hybridized carbons (Fsp3) is 0.368. The molecule has 1 saturated heterocycles. The molecule has 1 aliphatic rings. The molecule has 0 saturated carbocycles. The zero-order valence-electron chi connectivity index (χ0n) is 14.6. The number of ether oxygens (including phenoxy) is 1. The van der Waals surface area contributed by atoms with Crippen molar-refractivity contribution >= 4 is 11.4 Å². The van der Waals surface area contributed by atoms with Crippen molar-refractivity contribution in [1.29, 1.82) is 0 Å². The van der Waals surface area contributed by atoms with Crippen molar-refractivity contribution in [3.63, 3.8) is 0 Å². The summed E-state index contributed by atoms with van der Waals surface area (Å²) >= 11 is 0. The maximum atomic E-state index is 11.1. The Bertz CT molecular complexity index is 755. The number of nitro groups is 1. The molecule has 2 aromatic carbocycles. The van der Waals surface area contributed by atoms with Gasteiger partial charge in [0.2, 0.25) is 0 Å². The maximum Gasteiger partial charge on any atom is 0.272 e. The van der Waals surface area contributed by atoms with Crippen molar-refractivity contribution in [3.8, 4) is 5.75 Å². The molecule has 6 heteroatoms. The summed E-state index contributed by atoms with van der Waals surface area (Å²) in [6.45, 7) is 6.23. The highest BCUT2D eigenvalue weighted by atomic mass is 16.6. The molecule has 1 aliphatic heterocycles. The first-order valence-corrected chi connectivity index (χ1v) is 8.43. The number of methoxy groups -OCH3 is 1. The Kier molecular flexibility index (Phi) is 5.19. The minimum absolute atomic E-state index is 0.199. The fourth-order valence-corrected chi connectivity index (χ4v) is 3.32. The summed E-state index contributed by atoms with van der Waals surface area (Å²) in [6, 6.07) is 13.4. The van der Waals surface area contributed by atoms with Crippen LogP contribution in [-0.2, 0) is 6.54 Å². The molecule has 3 rings (SSSR count). The molecule has 0 aromatic heterocycles. The SMILES string of the molecule is COc1ccccc1N1CCN(Cc2cccc([N+](=O)[O-])c2C)CC1. The average Bonchev–Trinajstić information content (AvgIpc) is 2.64. The predicted molar refractivity (Wildman–Crippen MR) is 98.3 cm³/mol. The summed E-state index contributed by atoms with van der Waals surface area (Å²) in [4.78, 5) is 15.5. The normalized spacial score (nSPS) is 15.2. The van der Waals surface area contributed by atoms with Gasteiger partial charge in [-0.2, -0.15) is 0 Å². The number of nitrogens with zero attached hydrogens (tertiary/aromatic N) is 3. The van der Waals surface area contributed by atoms with Gasteiger partial charge in [0.05, 0.1) is 17.7 Å². The highest BCUT2D eigenvalue weighted by Crippen LogP contribution is 2.29. The number of piperazine rings is 1. The summed E-state index contributed by atoms with van der Waals surface area (Å²) in [6.07, 6.45) is 0. The van der Waals surface area contributed by atoms with Crippen LogP contribution < -0.4 is 9.64 Å². The minimum Gasteiger partial charge on any atom is -0.495 e. The predicted octanol–water partition coefficient (Wildman–Crippen LogP) is 3.23. The van der Waals surface area contributed by atoms with Crippen molar-refractivity contribution in [2.75, 3.05) is 38.2 Å². The van der Waals surface area contributed by atoms with Gasteiger partial charge in [-0.05, 0) is 24.6 Å². The van der Waals surface area contributed by atoms with E-state index in [1.165, 1.54) is 0 Å². The summed E-state index contributed by atoms with van der Waals surface area (Å²) in [5.74, 6) is 0.894. The van der Waals surface area contributed by atoms with E-state index >= 15 is 0 Å². The van der Waals surface area contributed by atoms with Gasteiger partial charge in [-0.1, -0.05) is 24.3 Å². The van der Waals surface area contributed by atoms with Gasteiger partial charge >= 0.3 is 0 Å². The van der Waals surface area contributed by atoms with Gasteiger partial charge in [0.15, 0.2) is 0 Å². The number of anilines is 1. The highest BCUT2D eigenvalue weighted by molar-refractivity contribution is 5.58. The summed E-state index contributed by atoms with van der Waals surface area (Å²) < 4.78 is 5.45. The summed E-state index contributed by atoms with van der Waals surface area (Å²) in [5, 5.41) is 11.1. The molecule has 0 atom stereocenters. The van der Waals surface area contributed by atoms with E-state index < -0.39 is 0 Å². The molecule has 25 heavy (non-hydrogen) atoms. The lowest BCUT2D eigenvalue weighted by Gasteiger charge is -2.36. The second kappa shape index (κ2) is 7.53. The van der Waals surface area contributed by atoms with E-state index in [1.54, 1.807) is 19.2 Å². The van der Waals surface area contributed by atoms with Crippen LogP contribution in [0.25, 0.3) is 0 Å². The third-order valence-corrected chi connectivity index (χ3v) is 4.81. The Morgan fingerprint density at radius 1 is 1.08 bits per heavy atom. The van der Waals surface area contributed by atoms with Crippen LogP contribution in [0.1, 0.15) is 11.1 Å². The molecule has 0 spiro atoms. The lowest BCUT2D eigenvalue weighted by molar-refractivity contribution is -0.385. The van der Waals surface area contributed by atoms with Gasteiger partial charge in [-0.15, -0.1) is 0 Å². The molecule has 0 radical (unpaired) electrons. The largest absolute Gasteiger partial charge is 0.495 e. The molecule has 1 heterocycles. The monoisotopic (exact) mass is 341 g/mol. The van der Waals surface area contributed by atoms with Gasteiger partial charge < -0.3 is 9.64 Å². The summed E-state index contributed by atoms with van der Waals surface area (Å²) in [5.41, 5.74) is 3.11. The third-order valence-electron chi connectivity index (χ3n) is 4.81. The Balaban J connectivity index is 1.65. The highest BCUT2D eigenvalue weighted by Gasteiger charge is 2.21. The molecule has 0 amide bonds. The number of nitro benzene ring substituents is 1. The van der Waals surface area contributed by atoms with Gasteiger partial charge in [-0.3, -0.25) is 15.0 Å². The van der Waals surface area contributed by atoms with Crippen molar-refractivity contribution in [2.45, 2.75) is 13.5 Å². The van der Waals surface area contributed by atoms with Crippen LogP contribution in [-0.4, -0.2) is 43.1 Å². The second-order valence-electron chi connectivity index (χ2n) is 6.25. The number of rotatable bonds is 5. The number of hydrogen-bond donors (Lipinski definition) is 0. The fourth-order valence-electron chi connectivity index (χ4n) is 3.32. The molecule has 132 valence electrons. The topological polar surface area (TPSA) is 58.8 Å². The van der Waals surface area contributed by atoms with Crippen molar-refractivity contribution in [2.24, 2.45) is 0 Å². The van der Waals surface area contributed by atoms with Gasteiger partial charge in [-0.25, -0.2) is 0 Å². The lowest BCUT2D eigenvalue weighted by atomic mass is 10.1. The molecule has 0 bridgehead atoms. The Hall–Kier alpha value is -2.60. The maximum absolute atomic E-state index is 11.1. The van der Waals surface area contributed by atoms with E-state index in [1.807, 2.05) is 31.2 Å². The van der Waals surface area contributed by atoms with Crippen LogP contribution in [0.4, 0.5) is 11.4 Å². The standard InChI is InChI=1S/C19H23N3O3/c1-15-16(6-5-8-17(15)22(23)24)14-20-10-12-21(13-11-20)18-7-3-4-9-19(18)25-2/h3-9H,10-14H2,1-2H3. The van der Waals surface area contributed by atoms with Crippen LogP contribution in [0.15, 0.2) is 42.5 Å². The van der Waals surface area contributed by atoms with E-state index in [0.29, 0.717) is 0 Å². The quantitative estimate of drug-likeness (QED) is 0.617. The number of hydrogen-bond acceptors (Lipinski definition) is 5. The van der Waals surface area contributed by atoms with Crippen molar-refractivity contribution in [3.05, 3.63) is 63.7 Å². The van der Waals surface area contributed by atoms with Crippen molar-refractivity contribution < 1.29 is 9.66 Å². The molecule has 6 nitrogen and oxygen atoms in total. The van der Waals surface area contributed by atoms with Crippen LogP contribution >= 0.6 is 0 Å². The van der Waals surface area contributed by atoms with E-state index in [4.69, 9.17) is 4.74 Å². The molecule has 0 N–H and O–H groups in total. The smallest absolute Gasteiger partial charge is 0.272 e. The molecule has 2 aromatic rings. The third kappa shape index (κ3) is 3.74. The van der Waals surface area contributed by atoms with Gasteiger partial charge in [0.25, 0.3) is 5.69 Å². The van der Waals surface area contributed by atoms with Crippen LogP contribution in [0.2, 0.25) is 0 Å². The first kappa shape index (κ1) is 17.2. The first-order valence-electron chi connectivity index (χ1n) is 8.43. The Morgan fingerprint density at radius 3 is 2.48 bits per heavy atom. The van der Waals surface area contributed by atoms with E-state index in [2.05, 4.69) is 15.9 Å². The molecule has 0 unspecified atom stereocenters. The molecule has 1 fully saturated rings. The zero-order chi connectivity index (χ0) is 17.8. The van der Waals surface area contributed by atoms with Crippen LogP contribution in [0.3, 0.4) is 0 Å². The van der Waals surface area contributed by atoms with E-state index in [9.17, 15) is 10.1 Å². The number of benzene rings is 2. The van der Waals surface area contributed by atoms with Crippen LogP contribution in [0.5, 0.6) is 5.75 Å². The molecule has 0 aliphatic carbocycles. The Morgan fingerprint density at radius 2 is 1.80 bits per heavy atom. The average molecular weight is 341 g/mol. The molecular formula is C19H23N3O3. The molecular weight excluding hydrogens is 318 g/mol. The van der Waals surface area contributed by atoms with Crippen molar-refractivity contribution in [1.82, 2.24) is 4.90 Å². The minimum atomic E-state index is -0.307. The Labute approximate surface area is 147 Å². The van der Waals surface area contributed by atoms with E-state index in [0.717, 1.165) is 55.3 Å². The van der Waals surface area contributed by atoms with Gasteiger partial charge in [0, 0.05) is 44.4 Å². The zero-order valence-corrected chi connectivity index (χ0v) is 14.6. The van der Waals surface area contributed by atoms with Crippen LogP contribution in [0, 0.1) is 17.0 Å². The van der Waals surface area contributed by atoms with Gasteiger partial charge in [0.1, 0.15) is 5.75 Å². The first-order chi connectivity index (χ1) is 12.1. The van der Waals surface area contributed by atoms with E-state index in [-0.39, 0.29) is 10.6 Å². The number of para-hydroxylation sites is 2. The lowest BCUT2D eigenvalue weighted by Crippen LogP contribution is -2.46. The summed E-state index contributed by atoms with van der Waals surface area (Å²) in [7, 11) is 1.69.